The lowest BCUT2D eigenvalue weighted by Gasteiger charge is -2.25. The van der Waals surface area contributed by atoms with Gasteiger partial charge in [0.1, 0.15) is 17.9 Å². The summed E-state index contributed by atoms with van der Waals surface area (Å²) in [4.78, 5) is 16.6. The van der Waals surface area contributed by atoms with Crippen molar-refractivity contribution in [3.63, 3.8) is 0 Å². The van der Waals surface area contributed by atoms with Crippen molar-refractivity contribution in [2.75, 3.05) is 0 Å². The number of hydrogen-bond acceptors (Lipinski definition) is 3. The minimum Gasteiger partial charge on any atom is -0.299 e. The van der Waals surface area contributed by atoms with Crippen LogP contribution in [-0.4, -0.2) is 20.5 Å². The largest absolute Gasteiger partial charge is 0.299 e. The van der Waals surface area contributed by atoms with Crippen LogP contribution < -0.4 is 0 Å². The standard InChI is InChI=1S/C13H21N3O/c1-3-13(7-5-6-8-13)11(17)9-12-14-10-15-16(12)4-2/h10H,3-9H2,1-2H3. The predicted octanol–water partition coefficient (Wildman–Crippen LogP) is 2.38. The van der Waals surface area contributed by atoms with Crippen molar-refractivity contribution in [3.8, 4) is 0 Å². The first-order valence-electron chi connectivity index (χ1n) is 6.62. The summed E-state index contributed by atoms with van der Waals surface area (Å²) in [6.45, 7) is 4.93. The van der Waals surface area contributed by atoms with Crippen LogP contribution in [0.3, 0.4) is 0 Å². The Morgan fingerprint density at radius 3 is 2.71 bits per heavy atom. The second-order valence-corrected chi connectivity index (χ2v) is 4.93. The normalized spacial score (nSPS) is 18.5. The first-order valence-corrected chi connectivity index (χ1v) is 6.62. The van der Waals surface area contributed by atoms with E-state index in [1.54, 1.807) is 6.33 Å². The molecule has 0 bridgehead atoms. The van der Waals surface area contributed by atoms with E-state index in [4.69, 9.17) is 0 Å². The molecule has 0 atom stereocenters. The number of aromatic nitrogens is 3. The monoisotopic (exact) mass is 235 g/mol. The summed E-state index contributed by atoms with van der Waals surface area (Å²) in [7, 11) is 0. The maximum atomic E-state index is 12.5. The van der Waals surface area contributed by atoms with Gasteiger partial charge in [0.05, 0.1) is 6.42 Å². The average Bonchev–Trinajstić information content (AvgIpc) is 2.97. The summed E-state index contributed by atoms with van der Waals surface area (Å²) in [6, 6.07) is 0. The van der Waals surface area contributed by atoms with E-state index < -0.39 is 0 Å². The molecule has 1 aliphatic carbocycles. The van der Waals surface area contributed by atoms with Gasteiger partial charge < -0.3 is 0 Å². The lowest BCUT2D eigenvalue weighted by Crippen LogP contribution is -2.29. The molecule has 0 unspecified atom stereocenters. The van der Waals surface area contributed by atoms with Crippen molar-refractivity contribution in [3.05, 3.63) is 12.2 Å². The highest BCUT2D eigenvalue weighted by Gasteiger charge is 2.39. The molecule has 0 radical (unpaired) electrons. The summed E-state index contributed by atoms with van der Waals surface area (Å²) in [5.74, 6) is 1.18. The van der Waals surface area contributed by atoms with Crippen LogP contribution in [0.15, 0.2) is 6.33 Å². The van der Waals surface area contributed by atoms with Gasteiger partial charge >= 0.3 is 0 Å². The minimum atomic E-state index is -0.0650. The molecule has 4 nitrogen and oxygen atoms in total. The van der Waals surface area contributed by atoms with Gasteiger partial charge in [-0.25, -0.2) is 9.67 Å². The SMILES string of the molecule is CCn1ncnc1CC(=O)C1(CC)CCCC1. The first kappa shape index (κ1) is 12.3. The van der Waals surface area contributed by atoms with Gasteiger partial charge in [0.15, 0.2) is 0 Å². The van der Waals surface area contributed by atoms with Gasteiger partial charge in [-0.05, 0) is 26.2 Å². The highest BCUT2D eigenvalue weighted by molar-refractivity contribution is 5.86. The van der Waals surface area contributed by atoms with Crippen molar-refractivity contribution in [1.29, 1.82) is 0 Å². The molecule has 0 aromatic carbocycles. The van der Waals surface area contributed by atoms with E-state index in [9.17, 15) is 4.79 Å². The quantitative estimate of drug-likeness (QED) is 0.787. The van der Waals surface area contributed by atoms with E-state index in [-0.39, 0.29) is 5.41 Å². The van der Waals surface area contributed by atoms with Crippen molar-refractivity contribution in [2.24, 2.45) is 5.41 Å². The number of ketones is 1. The Morgan fingerprint density at radius 2 is 2.12 bits per heavy atom. The smallest absolute Gasteiger partial charge is 0.146 e. The summed E-state index contributed by atoms with van der Waals surface area (Å²) < 4.78 is 1.82. The molecule has 1 aliphatic rings. The molecule has 94 valence electrons. The molecule has 1 fully saturated rings. The lowest BCUT2D eigenvalue weighted by atomic mass is 9.78. The highest BCUT2D eigenvalue weighted by atomic mass is 16.1. The van der Waals surface area contributed by atoms with Crippen LogP contribution in [0.25, 0.3) is 0 Å². The Labute approximate surface area is 102 Å². The van der Waals surface area contributed by atoms with Crippen LogP contribution in [0, 0.1) is 5.41 Å². The van der Waals surface area contributed by atoms with Gasteiger partial charge in [0, 0.05) is 12.0 Å². The van der Waals surface area contributed by atoms with E-state index in [0.717, 1.165) is 31.6 Å². The maximum Gasteiger partial charge on any atom is 0.146 e. The minimum absolute atomic E-state index is 0.0650. The zero-order valence-corrected chi connectivity index (χ0v) is 10.8. The third-order valence-corrected chi connectivity index (χ3v) is 4.14. The summed E-state index contributed by atoms with van der Waals surface area (Å²) in [5, 5.41) is 4.12. The van der Waals surface area contributed by atoms with Crippen LogP contribution in [-0.2, 0) is 17.8 Å². The van der Waals surface area contributed by atoms with E-state index in [1.165, 1.54) is 12.8 Å². The van der Waals surface area contributed by atoms with Crippen LogP contribution in [0.5, 0.6) is 0 Å². The Morgan fingerprint density at radius 1 is 1.41 bits per heavy atom. The molecule has 1 heterocycles. The Hall–Kier alpha value is -1.19. The molecule has 0 N–H and O–H groups in total. The molecule has 4 heteroatoms. The number of aryl methyl sites for hydroxylation is 1. The molecule has 2 rings (SSSR count). The fourth-order valence-electron chi connectivity index (χ4n) is 2.90. The molecular weight excluding hydrogens is 214 g/mol. The zero-order valence-electron chi connectivity index (χ0n) is 10.8. The van der Waals surface area contributed by atoms with Crippen molar-refractivity contribution in [1.82, 2.24) is 14.8 Å². The van der Waals surface area contributed by atoms with E-state index >= 15 is 0 Å². The molecule has 0 aliphatic heterocycles. The number of hydrogen-bond donors (Lipinski definition) is 0. The second-order valence-electron chi connectivity index (χ2n) is 4.93. The second kappa shape index (κ2) is 4.98. The van der Waals surface area contributed by atoms with Crippen LogP contribution >= 0.6 is 0 Å². The molecule has 0 amide bonds. The summed E-state index contributed by atoms with van der Waals surface area (Å²) in [6.07, 6.45) is 7.46. The number of Topliss-reactive ketones (excluding diaryl/α,β-unsaturated/α-hetero) is 1. The van der Waals surface area contributed by atoms with Gasteiger partial charge in [-0.15, -0.1) is 0 Å². The van der Waals surface area contributed by atoms with Gasteiger partial charge in [-0.3, -0.25) is 4.79 Å². The summed E-state index contributed by atoms with van der Waals surface area (Å²) >= 11 is 0. The number of rotatable bonds is 5. The molecule has 0 spiro atoms. The fraction of sp³-hybridized carbons (Fsp3) is 0.769. The highest BCUT2D eigenvalue weighted by Crippen LogP contribution is 2.42. The zero-order chi connectivity index (χ0) is 12.3. The first-order chi connectivity index (χ1) is 8.22. The third kappa shape index (κ3) is 2.26. The van der Waals surface area contributed by atoms with Gasteiger partial charge in [0.2, 0.25) is 0 Å². The molecule has 17 heavy (non-hydrogen) atoms. The average molecular weight is 235 g/mol. The Balaban J connectivity index is 2.10. The van der Waals surface area contributed by atoms with E-state index in [2.05, 4.69) is 17.0 Å². The van der Waals surface area contributed by atoms with Crippen molar-refractivity contribution in [2.45, 2.75) is 58.9 Å². The molecule has 1 aromatic heterocycles. The van der Waals surface area contributed by atoms with Crippen LogP contribution in [0.2, 0.25) is 0 Å². The van der Waals surface area contributed by atoms with Crippen LogP contribution in [0.1, 0.15) is 51.8 Å². The Kier molecular flexibility index (Phi) is 3.60. The maximum absolute atomic E-state index is 12.5. The molecule has 0 saturated heterocycles. The van der Waals surface area contributed by atoms with Gasteiger partial charge in [-0.2, -0.15) is 5.10 Å². The number of carbonyl (C=O) groups is 1. The molecular formula is C13H21N3O. The Bertz CT molecular complexity index is 391. The predicted molar refractivity (Wildman–Crippen MR) is 65.6 cm³/mol. The topological polar surface area (TPSA) is 47.8 Å². The van der Waals surface area contributed by atoms with Crippen molar-refractivity contribution < 1.29 is 4.79 Å². The van der Waals surface area contributed by atoms with E-state index in [0.29, 0.717) is 12.2 Å². The number of nitrogens with zero attached hydrogens (tertiary/aromatic N) is 3. The lowest BCUT2D eigenvalue weighted by molar-refractivity contribution is -0.128. The molecule has 1 saturated carbocycles. The van der Waals surface area contributed by atoms with E-state index in [1.807, 2.05) is 11.6 Å². The fourth-order valence-corrected chi connectivity index (χ4v) is 2.90. The number of carbonyl (C=O) groups excluding carboxylic acids is 1. The van der Waals surface area contributed by atoms with Gasteiger partial charge in [0.25, 0.3) is 0 Å². The van der Waals surface area contributed by atoms with Gasteiger partial charge in [-0.1, -0.05) is 19.8 Å². The third-order valence-electron chi connectivity index (χ3n) is 4.14. The van der Waals surface area contributed by atoms with Crippen molar-refractivity contribution >= 4 is 5.78 Å². The summed E-state index contributed by atoms with van der Waals surface area (Å²) in [5.41, 5.74) is -0.0650. The molecule has 1 aromatic rings. The van der Waals surface area contributed by atoms with Crippen LogP contribution in [0.4, 0.5) is 0 Å².